The summed E-state index contributed by atoms with van der Waals surface area (Å²) in [6, 6.07) is 10.8. The van der Waals surface area contributed by atoms with Gasteiger partial charge in [0.2, 0.25) is 26.0 Å². The van der Waals surface area contributed by atoms with Gasteiger partial charge in [0.1, 0.15) is 6.04 Å². The van der Waals surface area contributed by atoms with Crippen molar-refractivity contribution in [2.24, 2.45) is 11.1 Å². The van der Waals surface area contributed by atoms with Crippen LogP contribution in [0.4, 0.5) is 0 Å². The third-order valence-electron chi connectivity index (χ3n) is 4.72. The maximum Gasteiger partial charge on any atom is 0.241 e. The van der Waals surface area contributed by atoms with Gasteiger partial charge in [0.05, 0.1) is 15.8 Å². The van der Waals surface area contributed by atoms with Crippen LogP contribution >= 0.6 is 0 Å². The Hall–Kier alpha value is -2.27. The van der Waals surface area contributed by atoms with Gasteiger partial charge in [-0.15, -0.1) is 0 Å². The van der Waals surface area contributed by atoms with Crippen molar-refractivity contribution in [2.45, 2.75) is 56.0 Å². The summed E-state index contributed by atoms with van der Waals surface area (Å²) in [4.78, 5) is 13.0. The fourth-order valence-corrected chi connectivity index (χ4v) is 4.72. The van der Waals surface area contributed by atoms with E-state index in [2.05, 4.69) is 10.0 Å². The summed E-state index contributed by atoms with van der Waals surface area (Å²) in [5, 5.41) is 7.90. The first-order chi connectivity index (χ1) is 14.3. The number of primary sulfonamides is 1. The van der Waals surface area contributed by atoms with Crippen LogP contribution in [0.2, 0.25) is 0 Å². The SMILES string of the molecule is Cc1ccc(S(=O)(=O)N[C@H](CC(C)C)C(=O)N[C@H](C)c2ccc(S(N)(=O)=O)cc2)cc1. The maximum atomic E-state index is 12.9. The molecule has 0 aromatic heterocycles. The van der Waals surface area contributed by atoms with Crippen LogP contribution in [-0.2, 0) is 24.8 Å². The second-order valence-corrected chi connectivity index (χ2v) is 11.2. The molecule has 0 aliphatic rings. The Kier molecular flexibility index (Phi) is 7.98. The highest BCUT2D eigenvalue weighted by molar-refractivity contribution is 7.89. The molecule has 2 rings (SSSR count). The molecule has 2 aromatic carbocycles. The summed E-state index contributed by atoms with van der Waals surface area (Å²) in [5.74, 6) is -0.395. The molecule has 1 amide bonds. The predicted octanol–water partition coefficient (Wildman–Crippen LogP) is 2.21. The standard InChI is InChI=1S/C21H29N3O5S2/c1-14(2)13-20(24-31(28,29)19-9-5-15(3)6-10-19)21(25)23-16(4)17-7-11-18(12-8-17)30(22,26)27/h5-12,14,16,20,24H,13H2,1-4H3,(H,23,25)(H2,22,26,27)/t16-,20-/m1/s1. The highest BCUT2D eigenvalue weighted by Crippen LogP contribution is 2.18. The monoisotopic (exact) mass is 467 g/mol. The third kappa shape index (κ3) is 7.13. The minimum Gasteiger partial charge on any atom is -0.348 e. The molecular weight excluding hydrogens is 438 g/mol. The van der Waals surface area contributed by atoms with E-state index >= 15 is 0 Å². The van der Waals surface area contributed by atoms with E-state index < -0.39 is 38.0 Å². The Balaban J connectivity index is 2.18. The van der Waals surface area contributed by atoms with Crippen molar-refractivity contribution < 1.29 is 21.6 Å². The number of nitrogens with one attached hydrogen (secondary N) is 2. The van der Waals surface area contributed by atoms with Gasteiger partial charge in [0, 0.05) is 0 Å². The summed E-state index contributed by atoms with van der Waals surface area (Å²) in [5.41, 5.74) is 1.59. The smallest absolute Gasteiger partial charge is 0.241 e. The van der Waals surface area contributed by atoms with Gasteiger partial charge in [0.15, 0.2) is 0 Å². The Morgan fingerprint density at radius 2 is 1.42 bits per heavy atom. The van der Waals surface area contributed by atoms with Crippen LogP contribution < -0.4 is 15.2 Å². The lowest BCUT2D eigenvalue weighted by Crippen LogP contribution is -2.47. The van der Waals surface area contributed by atoms with Gasteiger partial charge in [0.25, 0.3) is 0 Å². The van der Waals surface area contributed by atoms with E-state index in [1.54, 1.807) is 31.2 Å². The van der Waals surface area contributed by atoms with Crippen LogP contribution in [0.1, 0.15) is 44.4 Å². The summed E-state index contributed by atoms with van der Waals surface area (Å²) >= 11 is 0. The Labute approximate surface area is 184 Å². The van der Waals surface area contributed by atoms with Gasteiger partial charge >= 0.3 is 0 Å². The molecule has 2 aromatic rings. The van der Waals surface area contributed by atoms with Crippen LogP contribution in [-0.4, -0.2) is 28.8 Å². The third-order valence-corrected chi connectivity index (χ3v) is 7.14. The lowest BCUT2D eigenvalue weighted by Gasteiger charge is -2.23. The number of carbonyl (C=O) groups excluding carboxylic acids is 1. The summed E-state index contributed by atoms with van der Waals surface area (Å²) < 4.78 is 50.8. The van der Waals surface area contributed by atoms with Gasteiger partial charge in [-0.25, -0.2) is 22.0 Å². The molecule has 0 saturated carbocycles. The number of rotatable bonds is 9. The molecule has 0 aliphatic carbocycles. The number of benzene rings is 2. The van der Waals surface area contributed by atoms with Gasteiger partial charge < -0.3 is 5.32 Å². The highest BCUT2D eigenvalue weighted by Gasteiger charge is 2.27. The quantitative estimate of drug-likeness (QED) is 0.520. The minimum absolute atomic E-state index is 0.0293. The van der Waals surface area contributed by atoms with Crippen molar-refractivity contribution >= 4 is 26.0 Å². The van der Waals surface area contributed by atoms with Crippen LogP contribution in [0, 0.1) is 12.8 Å². The molecule has 0 aliphatic heterocycles. The topological polar surface area (TPSA) is 135 Å². The molecular formula is C21H29N3O5S2. The number of hydrogen-bond donors (Lipinski definition) is 3. The van der Waals surface area contributed by atoms with Gasteiger partial charge in [-0.2, -0.15) is 4.72 Å². The molecule has 0 saturated heterocycles. The molecule has 0 unspecified atom stereocenters. The number of hydrogen-bond acceptors (Lipinski definition) is 5. The number of amides is 1. The highest BCUT2D eigenvalue weighted by atomic mass is 32.2. The summed E-state index contributed by atoms with van der Waals surface area (Å²) in [7, 11) is -7.69. The molecule has 0 fully saturated rings. The zero-order chi connectivity index (χ0) is 23.4. The zero-order valence-corrected chi connectivity index (χ0v) is 19.6. The second-order valence-electron chi connectivity index (χ2n) is 7.96. The predicted molar refractivity (Wildman–Crippen MR) is 119 cm³/mol. The molecule has 0 radical (unpaired) electrons. The molecule has 31 heavy (non-hydrogen) atoms. The fourth-order valence-electron chi connectivity index (χ4n) is 3.00. The molecule has 0 heterocycles. The lowest BCUT2D eigenvalue weighted by atomic mass is 10.0. The van der Waals surface area contributed by atoms with Crippen LogP contribution in [0.15, 0.2) is 58.3 Å². The van der Waals surface area contributed by atoms with E-state index in [1.807, 2.05) is 20.8 Å². The minimum atomic E-state index is -3.88. The normalized spacial score (nSPS) is 14.3. The van der Waals surface area contributed by atoms with Gasteiger partial charge in [-0.3, -0.25) is 4.79 Å². The van der Waals surface area contributed by atoms with Gasteiger partial charge in [-0.1, -0.05) is 43.7 Å². The summed E-state index contributed by atoms with van der Waals surface area (Å²) in [6.45, 7) is 7.38. The first-order valence-corrected chi connectivity index (χ1v) is 12.8. The second kappa shape index (κ2) is 9.90. The van der Waals surface area contributed by atoms with Crippen molar-refractivity contribution in [1.29, 1.82) is 0 Å². The number of aryl methyl sites for hydroxylation is 1. The van der Waals surface area contributed by atoms with Crippen molar-refractivity contribution in [2.75, 3.05) is 0 Å². The largest absolute Gasteiger partial charge is 0.348 e. The summed E-state index contributed by atoms with van der Waals surface area (Å²) in [6.07, 6.45) is 0.313. The number of nitrogens with two attached hydrogens (primary N) is 1. The van der Waals surface area contributed by atoms with Crippen LogP contribution in [0.5, 0.6) is 0 Å². The number of carbonyl (C=O) groups is 1. The maximum absolute atomic E-state index is 12.9. The Bertz CT molecular complexity index is 1110. The Morgan fingerprint density at radius 1 is 0.903 bits per heavy atom. The van der Waals surface area contributed by atoms with Gasteiger partial charge in [-0.05, 0) is 56.0 Å². The first-order valence-electron chi connectivity index (χ1n) is 9.81. The van der Waals surface area contributed by atoms with E-state index in [9.17, 15) is 21.6 Å². The lowest BCUT2D eigenvalue weighted by molar-refractivity contribution is -0.123. The molecule has 170 valence electrons. The van der Waals surface area contributed by atoms with Crippen molar-refractivity contribution in [3.05, 3.63) is 59.7 Å². The van der Waals surface area contributed by atoms with Crippen LogP contribution in [0.25, 0.3) is 0 Å². The van der Waals surface area contributed by atoms with Crippen LogP contribution in [0.3, 0.4) is 0 Å². The van der Waals surface area contributed by atoms with Crippen molar-refractivity contribution in [3.63, 3.8) is 0 Å². The van der Waals surface area contributed by atoms with E-state index in [0.29, 0.717) is 12.0 Å². The molecule has 0 spiro atoms. The molecule has 8 nitrogen and oxygen atoms in total. The van der Waals surface area contributed by atoms with Crippen molar-refractivity contribution in [3.8, 4) is 0 Å². The Morgan fingerprint density at radius 3 is 1.90 bits per heavy atom. The molecule has 2 atom stereocenters. The molecule has 10 heteroatoms. The fraction of sp³-hybridized carbons (Fsp3) is 0.381. The zero-order valence-electron chi connectivity index (χ0n) is 18.0. The average Bonchev–Trinajstić information content (AvgIpc) is 2.66. The average molecular weight is 468 g/mol. The van der Waals surface area contributed by atoms with E-state index in [1.165, 1.54) is 24.3 Å². The van der Waals surface area contributed by atoms with Crippen molar-refractivity contribution in [1.82, 2.24) is 10.0 Å². The van der Waals surface area contributed by atoms with E-state index in [0.717, 1.165) is 5.56 Å². The molecule has 4 N–H and O–H groups in total. The first kappa shape index (κ1) is 25.0. The molecule has 0 bridgehead atoms. The van der Waals surface area contributed by atoms with E-state index in [4.69, 9.17) is 5.14 Å². The number of sulfonamides is 2. The van der Waals surface area contributed by atoms with E-state index in [-0.39, 0.29) is 15.7 Å².